The highest BCUT2D eigenvalue weighted by Gasteiger charge is 2.11. The summed E-state index contributed by atoms with van der Waals surface area (Å²) in [4.78, 5) is 11.8. The van der Waals surface area contributed by atoms with Crippen molar-refractivity contribution in [2.24, 2.45) is 0 Å². The van der Waals surface area contributed by atoms with E-state index >= 15 is 0 Å². The Morgan fingerprint density at radius 1 is 1.44 bits per heavy atom. The molecular formula is C12H15Cl2NO. The molecule has 2 nitrogen and oxygen atoms in total. The van der Waals surface area contributed by atoms with Crippen LogP contribution in [0.4, 0.5) is 0 Å². The van der Waals surface area contributed by atoms with Crippen LogP contribution < -0.4 is 5.32 Å². The van der Waals surface area contributed by atoms with Crippen LogP contribution in [-0.4, -0.2) is 18.4 Å². The molecule has 0 aliphatic rings. The van der Waals surface area contributed by atoms with Crippen LogP contribution in [0.3, 0.4) is 0 Å². The first-order valence-corrected chi connectivity index (χ1v) is 6.01. The molecule has 0 heterocycles. The van der Waals surface area contributed by atoms with Crippen LogP contribution in [0.2, 0.25) is 10.0 Å². The van der Waals surface area contributed by atoms with Crippen LogP contribution >= 0.6 is 23.2 Å². The molecule has 0 radical (unpaired) electrons. The number of hydrogen-bond donors (Lipinski definition) is 1. The van der Waals surface area contributed by atoms with E-state index < -0.39 is 0 Å². The largest absolute Gasteiger partial charge is 0.307 e. The van der Waals surface area contributed by atoms with Crippen molar-refractivity contribution in [3.63, 3.8) is 0 Å². The zero-order valence-corrected chi connectivity index (χ0v) is 10.9. The summed E-state index contributed by atoms with van der Waals surface area (Å²) >= 11 is 11.8. The van der Waals surface area contributed by atoms with E-state index in [2.05, 4.69) is 12.2 Å². The fraction of sp³-hybridized carbons (Fsp3) is 0.417. The van der Waals surface area contributed by atoms with E-state index in [4.69, 9.17) is 23.2 Å². The van der Waals surface area contributed by atoms with Gasteiger partial charge in [-0.1, -0.05) is 30.1 Å². The first kappa shape index (κ1) is 13.5. The zero-order valence-electron chi connectivity index (χ0n) is 9.39. The highest BCUT2D eigenvalue weighted by Crippen LogP contribution is 2.20. The molecule has 1 unspecified atom stereocenters. The van der Waals surface area contributed by atoms with Crippen LogP contribution in [-0.2, 0) is 0 Å². The van der Waals surface area contributed by atoms with Crippen LogP contribution in [0.5, 0.6) is 0 Å². The number of halogens is 2. The number of ketones is 1. The normalized spacial score (nSPS) is 12.5. The number of nitrogens with one attached hydrogen (secondary N) is 1. The summed E-state index contributed by atoms with van der Waals surface area (Å²) in [6.07, 6.45) is 0.983. The van der Waals surface area contributed by atoms with Crippen LogP contribution in [0.25, 0.3) is 0 Å². The van der Waals surface area contributed by atoms with Crippen molar-refractivity contribution in [1.82, 2.24) is 5.32 Å². The summed E-state index contributed by atoms with van der Waals surface area (Å²) in [5.74, 6) is -0.0344. The SMILES string of the molecule is CCC(C)NCC(=O)c1cc(Cl)ccc1Cl. The van der Waals surface area contributed by atoms with Crippen molar-refractivity contribution < 1.29 is 4.79 Å². The Labute approximate surface area is 106 Å². The van der Waals surface area contributed by atoms with Gasteiger partial charge in [0.05, 0.1) is 11.6 Å². The summed E-state index contributed by atoms with van der Waals surface area (Å²) < 4.78 is 0. The molecule has 0 fully saturated rings. The minimum atomic E-state index is -0.0344. The predicted octanol–water partition coefficient (Wildman–Crippen LogP) is 3.56. The Morgan fingerprint density at radius 2 is 2.12 bits per heavy atom. The molecule has 88 valence electrons. The summed E-state index contributed by atoms with van der Waals surface area (Å²) in [7, 11) is 0. The highest BCUT2D eigenvalue weighted by molar-refractivity contribution is 6.36. The van der Waals surface area contributed by atoms with Crippen LogP contribution in [0.15, 0.2) is 18.2 Å². The first-order chi connectivity index (χ1) is 7.54. The summed E-state index contributed by atoms with van der Waals surface area (Å²) in [6, 6.07) is 5.23. The molecule has 0 aromatic heterocycles. The standard InChI is InChI=1S/C12H15Cl2NO/c1-3-8(2)15-7-12(16)10-6-9(13)4-5-11(10)14/h4-6,8,15H,3,7H2,1-2H3. The van der Waals surface area contributed by atoms with Gasteiger partial charge in [-0.3, -0.25) is 4.79 Å². The molecule has 4 heteroatoms. The molecular weight excluding hydrogens is 245 g/mol. The van der Waals surface area contributed by atoms with Gasteiger partial charge in [0, 0.05) is 16.6 Å². The van der Waals surface area contributed by atoms with Gasteiger partial charge in [0.2, 0.25) is 0 Å². The van der Waals surface area contributed by atoms with Crippen LogP contribution in [0.1, 0.15) is 30.6 Å². The van der Waals surface area contributed by atoms with E-state index in [0.29, 0.717) is 21.7 Å². The van der Waals surface area contributed by atoms with Crippen LogP contribution in [0, 0.1) is 0 Å². The molecule has 16 heavy (non-hydrogen) atoms. The van der Waals surface area contributed by atoms with E-state index in [1.54, 1.807) is 18.2 Å². The van der Waals surface area contributed by atoms with E-state index in [1.807, 2.05) is 6.92 Å². The maximum absolute atomic E-state index is 11.8. The maximum Gasteiger partial charge on any atom is 0.178 e. The van der Waals surface area contributed by atoms with Gasteiger partial charge in [-0.15, -0.1) is 0 Å². The Bertz CT molecular complexity index is 379. The molecule has 0 saturated heterocycles. The Kier molecular flexibility index (Phi) is 5.26. The average Bonchev–Trinajstić information content (AvgIpc) is 2.28. The van der Waals surface area contributed by atoms with Gasteiger partial charge in [-0.2, -0.15) is 0 Å². The van der Waals surface area contributed by atoms with E-state index in [-0.39, 0.29) is 12.3 Å². The molecule has 0 amide bonds. The molecule has 1 aromatic carbocycles. The van der Waals surface area contributed by atoms with E-state index in [9.17, 15) is 4.79 Å². The van der Waals surface area contributed by atoms with Gasteiger partial charge in [0.1, 0.15) is 0 Å². The zero-order chi connectivity index (χ0) is 12.1. The topological polar surface area (TPSA) is 29.1 Å². The van der Waals surface area contributed by atoms with Gasteiger partial charge in [0.15, 0.2) is 5.78 Å². The molecule has 1 N–H and O–H groups in total. The Balaban J connectivity index is 2.69. The summed E-state index contributed by atoms with van der Waals surface area (Å²) in [6.45, 7) is 4.39. The average molecular weight is 260 g/mol. The van der Waals surface area contributed by atoms with E-state index in [1.165, 1.54) is 0 Å². The molecule has 0 saturated carbocycles. The fourth-order valence-electron chi connectivity index (χ4n) is 1.22. The molecule has 1 atom stereocenters. The number of Topliss-reactive ketones (excluding diaryl/α,β-unsaturated/α-hetero) is 1. The van der Waals surface area contributed by atoms with Crippen molar-refractivity contribution in [1.29, 1.82) is 0 Å². The molecule has 0 aliphatic carbocycles. The predicted molar refractivity (Wildman–Crippen MR) is 68.5 cm³/mol. The van der Waals surface area contributed by atoms with Crippen molar-refractivity contribution in [3.8, 4) is 0 Å². The summed E-state index contributed by atoms with van der Waals surface area (Å²) in [5, 5.41) is 4.10. The molecule has 0 spiro atoms. The third kappa shape index (κ3) is 3.78. The van der Waals surface area contributed by atoms with E-state index in [0.717, 1.165) is 6.42 Å². The van der Waals surface area contributed by atoms with Gasteiger partial charge >= 0.3 is 0 Å². The number of carbonyl (C=O) groups is 1. The molecule has 1 rings (SSSR count). The lowest BCUT2D eigenvalue weighted by atomic mass is 10.1. The number of carbonyl (C=O) groups excluding carboxylic acids is 1. The fourth-order valence-corrected chi connectivity index (χ4v) is 1.61. The first-order valence-electron chi connectivity index (χ1n) is 5.26. The van der Waals surface area contributed by atoms with Crippen molar-refractivity contribution >= 4 is 29.0 Å². The van der Waals surface area contributed by atoms with Crippen molar-refractivity contribution in [2.45, 2.75) is 26.3 Å². The minimum absolute atomic E-state index is 0.0344. The van der Waals surface area contributed by atoms with Gasteiger partial charge < -0.3 is 5.32 Å². The van der Waals surface area contributed by atoms with Gasteiger partial charge in [0.25, 0.3) is 0 Å². The monoisotopic (exact) mass is 259 g/mol. The van der Waals surface area contributed by atoms with Gasteiger partial charge in [-0.05, 0) is 31.5 Å². The third-order valence-electron chi connectivity index (χ3n) is 2.45. The van der Waals surface area contributed by atoms with Gasteiger partial charge in [-0.25, -0.2) is 0 Å². The lowest BCUT2D eigenvalue weighted by molar-refractivity contribution is 0.0988. The second kappa shape index (κ2) is 6.24. The quantitative estimate of drug-likeness (QED) is 0.820. The highest BCUT2D eigenvalue weighted by atomic mass is 35.5. The third-order valence-corrected chi connectivity index (χ3v) is 3.02. The molecule has 0 aliphatic heterocycles. The van der Waals surface area contributed by atoms with Crippen molar-refractivity contribution in [2.75, 3.05) is 6.54 Å². The maximum atomic E-state index is 11.8. The lowest BCUT2D eigenvalue weighted by Gasteiger charge is -2.11. The number of benzene rings is 1. The molecule has 1 aromatic rings. The second-order valence-corrected chi connectivity index (χ2v) is 4.58. The minimum Gasteiger partial charge on any atom is -0.307 e. The lowest BCUT2D eigenvalue weighted by Crippen LogP contribution is -2.31. The van der Waals surface area contributed by atoms with Crippen molar-refractivity contribution in [3.05, 3.63) is 33.8 Å². The smallest absolute Gasteiger partial charge is 0.178 e. The Morgan fingerprint density at radius 3 is 2.75 bits per heavy atom. The molecule has 0 bridgehead atoms. The summed E-state index contributed by atoms with van der Waals surface area (Å²) in [5.41, 5.74) is 0.477. The number of rotatable bonds is 5. The Hall–Kier alpha value is -0.570. The number of hydrogen-bond acceptors (Lipinski definition) is 2. The second-order valence-electron chi connectivity index (χ2n) is 3.74.